The van der Waals surface area contributed by atoms with E-state index in [0.717, 1.165) is 36.2 Å². The predicted octanol–water partition coefficient (Wildman–Crippen LogP) is 16.2. The molecule has 0 saturated carbocycles. The second-order valence-corrected chi connectivity index (χ2v) is 21.8. The van der Waals surface area contributed by atoms with Crippen LogP contribution < -0.4 is 0 Å². The number of aromatic nitrogens is 3. The zero-order valence-electron chi connectivity index (χ0n) is 50.0. The Morgan fingerprint density at radius 2 is 0.787 bits per heavy atom. The largest absolute Gasteiger partial charge is 0.265 e. The molecule has 0 saturated heterocycles. The first-order chi connectivity index (χ1) is 44.5. The summed E-state index contributed by atoms with van der Waals surface area (Å²) in [5.74, 6) is 0.110. The first kappa shape index (κ1) is 79.3. The van der Waals surface area contributed by atoms with Gasteiger partial charge in [-0.2, -0.15) is 67.1 Å². The summed E-state index contributed by atoms with van der Waals surface area (Å²) in [5, 5.41) is 22.2. The maximum Gasteiger partial charge on any atom is 0.0267 e. The van der Waals surface area contributed by atoms with Crippen molar-refractivity contribution >= 4 is 68.6 Å². The van der Waals surface area contributed by atoms with Crippen LogP contribution in [0, 0.1) is 39.3 Å². The predicted molar refractivity (Wildman–Crippen MR) is 358 cm³/mol. The van der Waals surface area contributed by atoms with Crippen molar-refractivity contribution in [2.24, 2.45) is 0 Å². The van der Waals surface area contributed by atoms with Crippen molar-refractivity contribution in [1.82, 2.24) is 19.9 Å². The van der Waals surface area contributed by atoms with Crippen LogP contribution in [-0.4, -0.2) is 78.7 Å². The number of nitro benzene ring substituents is 2. The molecule has 11 rings (SSSR count). The Morgan fingerprint density at radius 3 is 1.09 bits per heavy atom. The number of nitro groups is 2. The van der Waals surface area contributed by atoms with Gasteiger partial charge in [-0.3, -0.25) is 44.8 Å². The number of para-hydroxylation sites is 2. The van der Waals surface area contributed by atoms with Gasteiger partial charge < -0.3 is 21.3 Å². The van der Waals surface area contributed by atoms with E-state index in [2.05, 4.69) is 76.3 Å². The minimum atomic E-state index is -4.26. The minimum absolute atomic E-state index is 0. The number of hydrogen-bond acceptors (Lipinski definition) is 14. The van der Waals surface area contributed by atoms with Crippen molar-refractivity contribution in [3.63, 3.8) is 0 Å². The third-order valence-electron chi connectivity index (χ3n) is 12.0. The van der Waals surface area contributed by atoms with Crippen molar-refractivity contribution in [2.75, 3.05) is 20.6 Å². The van der Waals surface area contributed by atoms with E-state index in [4.69, 9.17) is 0 Å². The molecule has 24 heteroatoms. The Labute approximate surface area is 588 Å². The topological polar surface area (TPSA) is 259 Å². The van der Waals surface area contributed by atoms with E-state index >= 15 is 0 Å². The molecule has 0 bridgehead atoms. The van der Waals surface area contributed by atoms with Crippen molar-refractivity contribution in [3.05, 3.63) is 357 Å². The van der Waals surface area contributed by atoms with Crippen LogP contribution in [-0.2, 0) is 72.6 Å². The van der Waals surface area contributed by atoms with Crippen LogP contribution in [0.4, 0.5) is 22.7 Å². The summed E-state index contributed by atoms with van der Waals surface area (Å²) < 4.78 is 58.1. The van der Waals surface area contributed by atoms with E-state index in [-0.39, 0.29) is 61.8 Å². The van der Waals surface area contributed by atoms with Crippen LogP contribution in [0.15, 0.2) is 295 Å². The molecule has 18 nitrogen and oxygen atoms in total. The second kappa shape index (κ2) is 43.0. The van der Waals surface area contributed by atoms with Crippen LogP contribution in [0.3, 0.4) is 0 Å². The number of halogens is 1. The van der Waals surface area contributed by atoms with Crippen molar-refractivity contribution in [3.8, 4) is 22.5 Å². The minimum Gasteiger partial charge on any atom is -0.265 e. The first-order valence-electron chi connectivity index (χ1n) is 27.5. The fourth-order valence-electron chi connectivity index (χ4n) is 7.81. The fourth-order valence-corrected chi connectivity index (χ4v) is 10.2. The van der Waals surface area contributed by atoms with Crippen LogP contribution in [0.5, 0.6) is 0 Å². The van der Waals surface area contributed by atoms with Gasteiger partial charge in [-0.25, -0.2) is 16.8 Å². The summed E-state index contributed by atoms with van der Waals surface area (Å²) in [6, 6.07) is 78.0. The van der Waals surface area contributed by atoms with E-state index in [1.54, 1.807) is 146 Å². The molecular weight excluding hydrogens is 1480 g/mol. The van der Waals surface area contributed by atoms with Gasteiger partial charge in [0.1, 0.15) is 29.8 Å². The van der Waals surface area contributed by atoms with Crippen molar-refractivity contribution < 1.29 is 88.8 Å². The maximum absolute atomic E-state index is 12.6. The molecule has 3 aromatic heterocycles. The van der Waals surface area contributed by atoms with E-state index in [1.165, 1.54) is 48.5 Å². The Balaban J connectivity index is 0.000000310. The molecule has 11 aromatic rings. The van der Waals surface area contributed by atoms with Gasteiger partial charge in [0.05, 0.1) is 21.2 Å². The fraction of sp³-hybridized carbons (Fsp3) is 0.0571. The van der Waals surface area contributed by atoms with Crippen LogP contribution >= 0.6 is 14.2 Å². The number of carbonyl (C=O) groups is 2. The third kappa shape index (κ3) is 26.2. The van der Waals surface area contributed by atoms with E-state index < -0.39 is 51.1 Å². The number of benzene rings is 8. The van der Waals surface area contributed by atoms with Gasteiger partial charge in [-0.15, -0.1) is 11.4 Å². The molecule has 94 heavy (non-hydrogen) atoms. The number of carbonyl (C=O) groups excluding carboxylic acids is 2. The second-order valence-electron chi connectivity index (χ2n) is 18.7. The van der Waals surface area contributed by atoms with Gasteiger partial charge in [0, 0.05) is 48.0 Å². The quantitative estimate of drug-likeness (QED) is 0.0286. The summed E-state index contributed by atoms with van der Waals surface area (Å²) in [6.45, 7) is 4.78. The normalized spacial score (nSPS) is 9.99. The zero-order chi connectivity index (χ0) is 66.6. The van der Waals surface area contributed by atoms with Gasteiger partial charge in [-0.1, -0.05) is 163 Å². The molecule has 0 amide bonds. The van der Waals surface area contributed by atoms with Gasteiger partial charge in [0.25, 0.3) is 11.4 Å². The number of rotatable bonds is 16. The molecule has 0 aliphatic carbocycles. The molecule has 0 atom stereocenters. The number of hydrogen-bond donors (Lipinski definition) is 0. The number of nitrogens with zero attached hydrogens (tertiary/aromatic N) is 8. The average molecular weight is 1540 g/mol. The average Bonchev–Trinajstić information content (AvgIpc) is 0.835. The molecule has 0 radical (unpaired) electrons. The monoisotopic (exact) mass is 1540 g/mol. The zero-order valence-corrected chi connectivity index (χ0v) is 56.7. The molecular formula is C70H59AgBrN8Ni2O10S2-2. The van der Waals surface area contributed by atoms with Crippen molar-refractivity contribution in [1.29, 1.82) is 0 Å². The molecule has 8 aromatic carbocycles. The van der Waals surface area contributed by atoms with Gasteiger partial charge in [0.15, 0.2) is 11.6 Å². The molecule has 491 valence electrons. The number of pyridine rings is 3. The molecule has 0 unspecified atom stereocenters. The van der Waals surface area contributed by atoms with Gasteiger partial charge in [0.2, 0.25) is 0 Å². The smallest absolute Gasteiger partial charge is 0.0267 e. The summed E-state index contributed by atoms with van der Waals surface area (Å²) in [7, 11) is -4.43. The van der Waals surface area contributed by atoms with Crippen LogP contribution in [0.25, 0.3) is 32.0 Å². The van der Waals surface area contributed by atoms with Gasteiger partial charge in [-0.05, 0) is 80.3 Å². The maximum atomic E-state index is 12.6. The van der Waals surface area contributed by atoms with Crippen LogP contribution in [0.1, 0.15) is 38.3 Å². The summed E-state index contributed by atoms with van der Waals surface area (Å²) >= 11 is 6.25. The summed E-state index contributed by atoms with van der Waals surface area (Å²) in [4.78, 5) is 57.8. The molecule has 0 N–H and O–H groups in total. The Hall–Kier alpha value is -8.98. The number of ketones is 2. The number of sulfonamides is 2. The first-order valence-corrected chi connectivity index (χ1v) is 32.8. The van der Waals surface area contributed by atoms with Gasteiger partial charge >= 0.3 is 66.8 Å². The molecule has 0 aliphatic heterocycles. The standard InChI is InChI=1S/2C17H12N3O4S.2C13H9O.C5H5N.C5H12N.Ag.BrH.2Ni/c2*21-20(22)16-10-3-4-11-17(16)25(23,24)19-15-9-2-1-7-13(15)14-8-5-6-12-18-14;2*14-13(11-7-3-1-4-8-11)12-9-5-2-6-10-12;1-2-4-6-5-3-1;1-4-5-6(2)3;;;;/h2*1-12H;2*1,3-10H;1-5H;1,4-5H2,2-3H3;;1H;;/q4*-1;;-1;+1;;+1;+2/p-1. The van der Waals surface area contributed by atoms with E-state index in [0.29, 0.717) is 33.6 Å². The van der Waals surface area contributed by atoms with E-state index in [1.807, 2.05) is 93.0 Å². The summed E-state index contributed by atoms with van der Waals surface area (Å²) in [6.07, 6.45) is 7.68. The van der Waals surface area contributed by atoms with Crippen LogP contribution in [0.2, 0.25) is 0 Å². The molecule has 0 fully saturated rings. The Kier molecular flexibility index (Phi) is 36.3. The summed E-state index contributed by atoms with van der Waals surface area (Å²) in [5.41, 5.74) is 4.30. The molecule has 3 heterocycles. The SMILES string of the molecule is O=C(c1cc[c-]cc1)c1ccccc1.O=C(c1cc[c-]cc1)c1ccccc1.O=[N+]([O-])c1ccccc1S(=O)(=O)[N-]c1ccccc1-c1ccccn1.O=[N+]([O-])c1ccccc1S(=O)(=O)[N-]c1ccccc1-c1ccccn1.[Ag+].[CH2-]CCN(C)C.[Ni+2].[Ni][Br].c1ccncc1. The molecule has 0 aliphatic rings. The Bertz CT molecular complexity index is 3910. The van der Waals surface area contributed by atoms with E-state index in [9.17, 15) is 46.7 Å². The van der Waals surface area contributed by atoms with Crippen molar-refractivity contribution in [2.45, 2.75) is 16.2 Å². The Morgan fingerprint density at radius 1 is 0.479 bits per heavy atom. The molecule has 0 spiro atoms. The third-order valence-corrected chi connectivity index (χ3v) is 14.7.